The van der Waals surface area contributed by atoms with Gasteiger partial charge in [-0.2, -0.15) is 22.8 Å². The fraction of sp³-hybridized carbons (Fsp3) is 0.121. The fourth-order valence-corrected chi connectivity index (χ4v) is 5.21. The zero-order valence-corrected chi connectivity index (χ0v) is 24.5. The van der Waals surface area contributed by atoms with E-state index < -0.39 is 40.2 Å². The minimum atomic E-state index is -5.01. The molecule has 6 rings (SSSR count). The number of anilines is 1. The number of nitrogens with one attached hydrogen (secondary N) is 2. The summed E-state index contributed by atoms with van der Waals surface area (Å²) in [5.41, 5.74) is -0.958. The molecular formula is C33H26F3N7O3. The summed E-state index contributed by atoms with van der Waals surface area (Å²) in [7, 11) is 3.93. The number of amides is 1. The van der Waals surface area contributed by atoms with Crippen molar-refractivity contribution >= 4 is 22.8 Å². The topological polar surface area (TPSA) is 118 Å². The normalized spacial score (nSPS) is 11.7. The molecule has 0 atom stereocenters. The van der Waals surface area contributed by atoms with Crippen molar-refractivity contribution in [2.75, 3.05) is 19.4 Å². The predicted molar refractivity (Wildman–Crippen MR) is 168 cm³/mol. The predicted octanol–water partition coefficient (Wildman–Crippen LogP) is 5.77. The lowest BCUT2D eigenvalue weighted by Crippen LogP contribution is -2.42. The van der Waals surface area contributed by atoms with Crippen molar-refractivity contribution in [1.29, 1.82) is 0 Å². The van der Waals surface area contributed by atoms with Gasteiger partial charge in [0.05, 0.1) is 5.69 Å². The van der Waals surface area contributed by atoms with Crippen LogP contribution in [0.3, 0.4) is 0 Å². The molecule has 10 nitrogen and oxygen atoms in total. The van der Waals surface area contributed by atoms with Crippen LogP contribution in [0.15, 0.2) is 107 Å². The number of benzene rings is 3. The summed E-state index contributed by atoms with van der Waals surface area (Å²) in [6.45, 7) is 0.712. The number of halogens is 3. The van der Waals surface area contributed by atoms with E-state index in [1.54, 1.807) is 60.9 Å². The van der Waals surface area contributed by atoms with Gasteiger partial charge in [0.1, 0.15) is 5.52 Å². The first-order valence-corrected chi connectivity index (χ1v) is 14.0. The average molecular weight is 626 g/mol. The molecule has 0 radical (unpaired) electrons. The monoisotopic (exact) mass is 625 g/mol. The van der Waals surface area contributed by atoms with Gasteiger partial charge in [0, 0.05) is 30.2 Å². The van der Waals surface area contributed by atoms with E-state index >= 15 is 0 Å². The number of aromatic nitrogens is 5. The molecule has 3 heterocycles. The molecule has 6 aromatic rings. The molecule has 13 heteroatoms. The number of nitrogens with zero attached hydrogens (tertiary/aromatic N) is 5. The second-order valence-corrected chi connectivity index (χ2v) is 10.7. The maximum atomic E-state index is 14.0. The molecule has 1 amide bonds. The summed E-state index contributed by atoms with van der Waals surface area (Å²) >= 11 is 0. The molecule has 0 saturated carbocycles. The summed E-state index contributed by atoms with van der Waals surface area (Å²) in [6.07, 6.45) is -1.86. The second kappa shape index (κ2) is 11.9. The first-order valence-electron chi connectivity index (χ1n) is 14.0. The molecule has 46 heavy (non-hydrogen) atoms. The zero-order valence-electron chi connectivity index (χ0n) is 24.5. The van der Waals surface area contributed by atoms with Crippen molar-refractivity contribution in [2.24, 2.45) is 0 Å². The molecule has 0 saturated heterocycles. The number of aromatic amines is 1. The molecule has 0 fully saturated rings. The highest BCUT2D eigenvalue weighted by atomic mass is 19.4. The van der Waals surface area contributed by atoms with Crippen molar-refractivity contribution in [3.8, 4) is 27.9 Å². The third-order valence-corrected chi connectivity index (χ3v) is 7.23. The van der Waals surface area contributed by atoms with Crippen LogP contribution in [0.4, 0.5) is 23.7 Å². The van der Waals surface area contributed by atoms with Gasteiger partial charge < -0.3 is 15.2 Å². The van der Waals surface area contributed by atoms with E-state index in [1.165, 1.54) is 12.1 Å². The van der Waals surface area contributed by atoms with Gasteiger partial charge in [-0.05, 0) is 66.7 Å². The van der Waals surface area contributed by atoms with Crippen LogP contribution in [0.2, 0.25) is 0 Å². The quantitative estimate of drug-likeness (QED) is 0.243. The minimum absolute atomic E-state index is 0.100. The molecule has 2 N–H and O–H groups in total. The van der Waals surface area contributed by atoms with E-state index in [1.807, 2.05) is 43.3 Å². The number of carbonyl (C=O) groups is 1. The van der Waals surface area contributed by atoms with Crippen LogP contribution in [0.5, 0.6) is 0 Å². The Hall–Kier alpha value is -5.82. The molecule has 0 aliphatic rings. The number of alkyl halides is 3. The lowest BCUT2D eigenvalue weighted by Gasteiger charge is -2.15. The molecule has 3 aromatic heterocycles. The number of hydrogen-bond acceptors (Lipinski definition) is 6. The number of fused-ring (bicyclic) bond motifs is 1. The third kappa shape index (κ3) is 5.83. The van der Waals surface area contributed by atoms with Crippen molar-refractivity contribution in [1.82, 2.24) is 29.2 Å². The largest absolute Gasteiger partial charge is 0.437 e. The fourth-order valence-electron chi connectivity index (χ4n) is 5.21. The lowest BCUT2D eigenvalue weighted by molar-refractivity contribution is -0.140. The van der Waals surface area contributed by atoms with Crippen LogP contribution >= 0.6 is 0 Å². The SMILES string of the molecule is CN(C)Cc1ccccc1-c1ccc(NC(=O)n2c(=O)[nH]c3c(C(F)(F)F)nn(-c4cccc(-c5cccnc5)c4)c3c2=O)cc1. The molecule has 232 valence electrons. The highest BCUT2D eigenvalue weighted by Gasteiger charge is 2.39. The number of hydrogen-bond donors (Lipinski definition) is 2. The highest BCUT2D eigenvalue weighted by Crippen LogP contribution is 2.33. The van der Waals surface area contributed by atoms with Gasteiger partial charge in [-0.25, -0.2) is 14.3 Å². The highest BCUT2D eigenvalue weighted by molar-refractivity contribution is 5.93. The standard InChI is InChI=1S/C33H26F3N7O3/c1-41(2)19-23-7-3-4-11-26(23)20-12-14-24(15-13-20)38-31(45)42-30(44)28-27(39-32(42)46)29(33(34,35)36)40-43(28)25-10-5-8-21(17-25)22-9-6-16-37-18-22/h3-18H,19H2,1-2H3,(H,38,45)(H,39,46). The average Bonchev–Trinajstić information content (AvgIpc) is 3.42. The van der Waals surface area contributed by atoms with Gasteiger partial charge in [-0.3, -0.25) is 9.78 Å². The van der Waals surface area contributed by atoms with Crippen LogP contribution in [0.1, 0.15) is 11.3 Å². The van der Waals surface area contributed by atoms with Crippen LogP contribution in [-0.4, -0.2) is 49.3 Å². The van der Waals surface area contributed by atoms with Crippen LogP contribution < -0.4 is 16.6 Å². The van der Waals surface area contributed by atoms with Crippen molar-refractivity contribution in [3.05, 3.63) is 129 Å². The Morgan fingerprint density at radius 3 is 2.35 bits per heavy atom. The van der Waals surface area contributed by atoms with E-state index in [2.05, 4.69) is 20.4 Å². The number of pyridine rings is 1. The Morgan fingerprint density at radius 2 is 1.65 bits per heavy atom. The summed E-state index contributed by atoms with van der Waals surface area (Å²) in [4.78, 5) is 48.1. The molecular weight excluding hydrogens is 599 g/mol. The van der Waals surface area contributed by atoms with E-state index in [0.717, 1.165) is 21.4 Å². The Morgan fingerprint density at radius 1 is 0.913 bits per heavy atom. The van der Waals surface area contributed by atoms with Crippen molar-refractivity contribution in [3.63, 3.8) is 0 Å². The van der Waals surface area contributed by atoms with Crippen LogP contribution in [0, 0.1) is 0 Å². The Kier molecular flexibility index (Phi) is 7.84. The molecule has 0 bridgehead atoms. The Labute approximate surface area is 259 Å². The van der Waals surface area contributed by atoms with Gasteiger partial charge in [-0.1, -0.05) is 54.6 Å². The van der Waals surface area contributed by atoms with Gasteiger partial charge >= 0.3 is 17.9 Å². The van der Waals surface area contributed by atoms with Crippen molar-refractivity contribution in [2.45, 2.75) is 12.7 Å². The zero-order chi connectivity index (χ0) is 32.6. The third-order valence-electron chi connectivity index (χ3n) is 7.23. The number of rotatable bonds is 6. The summed E-state index contributed by atoms with van der Waals surface area (Å²) in [5.74, 6) is 0. The first-order chi connectivity index (χ1) is 22.0. The smallest absolute Gasteiger partial charge is 0.307 e. The van der Waals surface area contributed by atoms with Crippen LogP contribution in [-0.2, 0) is 12.7 Å². The Bertz CT molecular complexity index is 2190. The maximum Gasteiger partial charge on any atom is 0.437 e. The molecule has 0 aliphatic heterocycles. The number of carbonyl (C=O) groups excluding carboxylic acids is 1. The van der Waals surface area contributed by atoms with Crippen LogP contribution in [0.25, 0.3) is 39.0 Å². The molecule has 3 aromatic carbocycles. The Balaban J connectivity index is 1.39. The van der Waals surface area contributed by atoms with Gasteiger partial charge in [0.2, 0.25) is 0 Å². The minimum Gasteiger partial charge on any atom is -0.307 e. The van der Waals surface area contributed by atoms with Crippen molar-refractivity contribution < 1.29 is 18.0 Å². The molecule has 0 spiro atoms. The summed E-state index contributed by atoms with van der Waals surface area (Å²) in [6, 6.07) is 23.2. The second-order valence-electron chi connectivity index (χ2n) is 10.7. The van der Waals surface area contributed by atoms with E-state index in [9.17, 15) is 27.6 Å². The van der Waals surface area contributed by atoms with E-state index in [-0.39, 0.29) is 15.9 Å². The van der Waals surface area contributed by atoms with E-state index in [0.29, 0.717) is 17.7 Å². The van der Waals surface area contributed by atoms with Gasteiger partial charge in [0.25, 0.3) is 5.56 Å². The summed E-state index contributed by atoms with van der Waals surface area (Å²) < 4.78 is 43.1. The number of H-pyrrole nitrogens is 1. The van der Waals surface area contributed by atoms with Gasteiger partial charge in [0.15, 0.2) is 11.2 Å². The summed E-state index contributed by atoms with van der Waals surface area (Å²) in [5, 5.41) is 6.17. The molecule has 0 unspecified atom stereocenters. The van der Waals surface area contributed by atoms with Gasteiger partial charge in [-0.15, -0.1) is 0 Å². The maximum absolute atomic E-state index is 14.0. The van der Waals surface area contributed by atoms with E-state index in [4.69, 9.17) is 0 Å². The lowest BCUT2D eigenvalue weighted by atomic mass is 9.99. The first kappa shape index (κ1) is 30.2. The molecule has 0 aliphatic carbocycles.